The number of rotatable bonds is 3. The summed E-state index contributed by atoms with van der Waals surface area (Å²) in [4.78, 5) is 28.4. The van der Waals surface area contributed by atoms with Crippen molar-refractivity contribution in [1.29, 1.82) is 0 Å². The van der Waals surface area contributed by atoms with Crippen LogP contribution in [-0.4, -0.2) is 84.3 Å². The quantitative estimate of drug-likeness (QED) is 0.736. The number of halogens is 2. The molecule has 4 aliphatic rings. The van der Waals surface area contributed by atoms with Gasteiger partial charge in [0.25, 0.3) is 0 Å². The van der Waals surface area contributed by atoms with Crippen molar-refractivity contribution in [2.75, 3.05) is 26.2 Å². The van der Waals surface area contributed by atoms with Gasteiger partial charge in [0.1, 0.15) is 12.3 Å². The number of fused-ring (bicyclic) bond motifs is 1. The largest absolute Gasteiger partial charge is 0.352 e. The average molecular weight is 413 g/mol. The van der Waals surface area contributed by atoms with Gasteiger partial charge in [-0.1, -0.05) is 0 Å². The van der Waals surface area contributed by atoms with E-state index in [4.69, 9.17) is 0 Å². The summed E-state index contributed by atoms with van der Waals surface area (Å²) < 4.78 is 28.6. The van der Waals surface area contributed by atoms with Crippen LogP contribution in [0.4, 0.5) is 8.78 Å². The molecule has 0 aromatic heterocycles. The molecule has 4 fully saturated rings. The molecule has 2 saturated heterocycles. The molecule has 0 bridgehead atoms. The predicted molar refractivity (Wildman–Crippen MR) is 106 cm³/mol. The van der Waals surface area contributed by atoms with E-state index in [1.165, 1.54) is 0 Å². The second-order valence-corrected chi connectivity index (χ2v) is 9.38. The molecule has 0 spiro atoms. The molecule has 0 aromatic rings. The lowest BCUT2D eigenvalue weighted by molar-refractivity contribution is -0.131. The zero-order valence-corrected chi connectivity index (χ0v) is 17.3. The normalized spacial score (nSPS) is 41.1. The van der Waals surface area contributed by atoms with Gasteiger partial charge in [0, 0.05) is 57.1 Å². The van der Waals surface area contributed by atoms with Crippen molar-refractivity contribution in [3.8, 4) is 0 Å². The van der Waals surface area contributed by atoms with Crippen molar-refractivity contribution in [3.63, 3.8) is 0 Å². The van der Waals surface area contributed by atoms with Gasteiger partial charge in [-0.05, 0) is 44.9 Å². The number of piperazine rings is 1. The van der Waals surface area contributed by atoms with E-state index in [2.05, 4.69) is 15.5 Å². The van der Waals surface area contributed by atoms with Gasteiger partial charge < -0.3 is 15.5 Å². The molecular formula is C21H34F2N4O2. The van der Waals surface area contributed by atoms with Crippen molar-refractivity contribution < 1.29 is 18.4 Å². The van der Waals surface area contributed by atoms with Gasteiger partial charge in [-0.25, -0.2) is 8.78 Å². The number of hydrogen-bond acceptors (Lipinski definition) is 4. The topological polar surface area (TPSA) is 64.7 Å². The third-order valence-corrected chi connectivity index (χ3v) is 7.46. The Balaban J connectivity index is 1.30. The maximum absolute atomic E-state index is 14.5. The highest BCUT2D eigenvalue weighted by Gasteiger charge is 2.44. The number of carbonyl (C=O) groups excluding carboxylic acids is 2. The Morgan fingerprint density at radius 3 is 2.45 bits per heavy atom. The second-order valence-electron chi connectivity index (χ2n) is 9.38. The van der Waals surface area contributed by atoms with Gasteiger partial charge in [0.05, 0.1) is 6.04 Å². The maximum Gasteiger partial charge on any atom is 0.237 e. The summed E-state index contributed by atoms with van der Waals surface area (Å²) >= 11 is 0. The van der Waals surface area contributed by atoms with E-state index in [1.807, 2.05) is 4.90 Å². The number of alkyl halides is 2. The summed E-state index contributed by atoms with van der Waals surface area (Å²) in [6.45, 7) is 4.45. The van der Waals surface area contributed by atoms with Crippen LogP contribution < -0.4 is 10.6 Å². The third-order valence-electron chi connectivity index (χ3n) is 7.46. The fraction of sp³-hybridized carbons (Fsp3) is 0.905. The van der Waals surface area contributed by atoms with Crippen molar-refractivity contribution >= 4 is 11.8 Å². The summed E-state index contributed by atoms with van der Waals surface area (Å²) in [5.74, 6) is -0.0853. The van der Waals surface area contributed by atoms with Crippen molar-refractivity contribution in [3.05, 3.63) is 0 Å². The van der Waals surface area contributed by atoms with E-state index in [0.29, 0.717) is 38.8 Å². The van der Waals surface area contributed by atoms with Crippen LogP contribution >= 0.6 is 0 Å². The van der Waals surface area contributed by atoms with Crippen LogP contribution in [0.25, 0.3) is 0 Å². The Bertz CT molecular complexity index is 613. The van der Waals surface area contributed by atoms with Gasteiger partial charge in [0.2, 0.25) is 11.8 Å². The van der Waals surface area contributed by atoms with Gasteiger partial charge in [0.15, 0.2) is 0 Å². The molecule has 7 unspecified atom stereocenters. The first-order valence-corrected chi connectivity index (χ1v) is 11.2. The highest BCUT2D eigenvalue weighted by Crippen LogP contribution is 2.35. The Kier molecular flexibility index (Phi) is 6.39. The standard InChI is InChI=1S/C21H34F2N4O2/c1-13(28)26-5-7-27(8-6-26)16-10-14(22)9-15(11-16)24-21(29)20-12-17-18(23)3-2-4-19(17)25-20/h14-20,25H,2-12H2,1H3,(H,24,29). The van der Waals surface area contributed by atoms with Crippen molar-refractivity contribution in [2.24, 2.45) is 5.92 Å². The molecule has 2 amide bonds. The molecular weight excluding hydrogens is 378 g/mol. The Labute approximate surface area is 171 Å². The van der Waals surface area contributed by atoms with E-state index in [-0.39, 0.29) is 41.9 Å². The van der Waals surface area contributed by atoms with E-state index < -0.39 is 12.3 Å². The molecule has 2 N–H and O–H groups in total. The lowest BCUT2D eigenvalue weighted by Crippen LogP contribution is -2.56. The van der Waals surface area contributed by atoms with E-state index >= 15 is 0 Å². The molecule has 7 atom stereocenters. The molecule has 2 heterocycles. The summed E-state index contributed by atoms with van der Waals surface area (Å²) in [7, 11) is 0. The minimum atomic E-state index is -0.931. The van der Waals surface area contributed by atoms with E-state index in [1.54, 1.807) is 6.92 Å². The number of hydrogen-bond donors (Lipinski definition) is 2. The Morgan fingerprint density at radius 2 is 1.76 bits per heavy atom. The highest BCUT2D eigenvalue weighted by molar-refractivity contribution is 5.82. The summed E-state index contributed by atoms with van der Waals surface area (Å²) in [6, 6.07) is -0.362. The molecule has 164 valence electrons. The summed E-state index contributed by atoms with van der Waals surface area (Å²) in [5, 5.41) is 6.38. The van der Waals surface area contributed by atoms with Crippen LogP contribution in [0.2, 0.25) is 0 Å². The van der Waals surface area contributed by atoms with Crippen LogP contribution in [0.15, 0.2) is 0 Å². The Morgan fingerprint density at radius 1 is 1.00 bits per heavy atom. The second kappa shape index (κ2) is 8.84. The number of nitrogens with one attached hydrogen (secondary N) is 2. The van der Waals surface area contributed by atoms with E-state index in [9.17, 15) is 18.4 Å². The monoisotopic (exact) mass is 412 g/mol. The van der Waals surface area contributed by atoms with Crippen LogP contribution in [0.5, 0.6) is 0 Å². The lowest BCUT2D eigenvalue weighted by atomic mass is 9.83. The molecule has 2 aliphatic carbocycles. The predicted octanol–water partition coefficient (Wildman–Crippen LogP) is 1.39. The average Bonchev–Trinajstić information content (AvgIpc) is 3.13. The van der Waals surface area contributed by atoms with Crippen molar-refractivity contribution in [2.45, 2.75) is 88.4 Å². The van der Waals surface area contributed by atoms with Gasteiger partial charge in [-0.2, -0.15) is 0 Å². The molecule has 6 nitrogen and oxygen atoms in total. The molecule has 0 aromatic carbocycles. The number of amides is 2. The zero-order valence-electron chi connectivity index (χ0n) is 17.3. The smallest absolute Gasteiger partial charge is 0.237 e. The van der Waals surface area contributed by atoms with Crippen LogP contribution in [0.3, 0.4) is 0 Å². The molecule has 29 heavy (non-hydrogen) atoms. The first-order valence-electron chi connectivity index (χ1n) is 11.2. The first-order chi connectivity index (χ1) is 13.9. The van der Waals surface area contributed by atoms with Gasteiger partial charge in [-0.3, -0.25) is 14.5 Å². The third kappa shape index (κ3) is 4.74. The Hall–Kier alpha value is -1.28. The van der Waals surface area contributed by atoms with Crippen LogP contribution in [-0.2, 0) is 9.59 Å². The summed E-state index contributed by atoms with van der Waals surface area (Å²) in [5.41, 5.74) is 0. The fourth-order valence-electron chi connectivity index (χ4n) is 5.85. The van der Waals surface area contributed by atoms with Crippen LogP contribution in [0.1, 0.15) is 51.9 Å². The minimum absolute atomic E-state index is 0.0647. The molecule has 8 heteroatoms. The fourth-order valence-corrected chi connectivity index (χ4v) is 5.85. The van der Waals surface area contributed by atoms with E-state index in [0.717, 1.165) is 32.4 Å². The molecule has 2 aliphatic heterocycles. The summed E-state index contributed by atoms with van der Waals surface area (Å²) in [6.07, 6.45) is 2.76. The zero-order chi connectivity index (χ0) is 20.5. The first kappa shape index (κ1) is 21.0. The molecule has 0 radical (unpaired) electrons. The molecule has 4 rings (SSSR count). The van der Waals surface area contributed by atoms with Crippen LogP contribution in [0, 0.1) is 5.92 Å². The van der Waals surface area contributed by atoms with Crippen molar-refractivity contribution in [1.82, 2.24) is 20.4 Å². The highest BCUT2D eigenvalue weighted by atomic mass is 19.1. The maximum atomic E-state index is 14.5. The number of nitrogens with zero attached hydrogens (tertiary/aromatic N) is 2. The van der Waals surface area contributed by atoms with Gasteiger partial charge in [-0.15, -0.1) is 0 Å². The lowest BCUT2D eigenvalue weighted by Gasteiger charge is -2.43. The van der Waals surface area contributed by atoms with Gasteiger partial charge >= 0.3 is 0 Å². The minimum Gasteiger partial charge on any atom is -0.352 e. The number of carbonyl (C=O) groups is 2. The SMILES string of the molecule is CC(=O)N1CCN(C2CC(F)CC(NC(=O)C3CC4C(F)CCCC4N3)C2)CC1. The molecule has 2 saturated carbocycles.